The fourth-order valence-electron chi connectivity index (χ4n) is 1.84. The van der Waals surface area contributed by atoms with Gasteiger partial charge in [-0.15, -0.1) is 23.5 Å². The van der Waals surface area contributed by atoms with Crippen LogP contribution in [0.15, 0.2) is 24.3 Å². The van der Waals surface area contributed by atoms with Gasteiger partial charge in [-0.1, -0.05) is 18.2 Å². The molecule has 1 nitrogen and oxygen atoms in total. The molecule has 1 aromatic rings. The van der Waals surface area contributed by atoms with Crippen LogP contribution in [0.4, 0.5) is 0 Å². The van der Waals surface area contributed by atoms with Crippen molar-refractivity contribution in [2.45, 2.75) is 10.5 Å². The lowest BCUT2D eigenvalue weighted by atomic mass is 10.1. The van der Waals surface area contributed by atoms with Gasteiger partial charge in [0.25, 0.3) is 0 Å². The van der Waals surface area contributed by atoms with E-state index in [0.29, 0.717) is 0 Å². The van der Waals surface area contributed by atoms with Crippen LogP contribution in [0.5, 0.6) is 5.75 Å². The van der Waals surface area contributed by atoms with Crippen molar-refractivity contribution < 1.29 is 4.74 Å². The van der Waals surface area contributed by atoms with E-state index in [-0.39, 0.29) is 4.08 Å². The first-order valence-electron chi connectivity index (χ1n) is 4.65. The Kier molecular flexibility index (Phi) is 2.98. The molecule has 1 aliphatic rings. The molecular weight excluding hydrogens is 212 g/mol. The normalized spacial score (nSPS) is 18.4. The van der Waals surface area contributed by atoms with Crippen LogP contribution < -0.4 is 4.74 Å². The molecule has 1 aliphatic heterocycles. The number of ether oxygens (including phenoxy) is 1. The number of rotatable bonds is 2. The fraction of sp³-hybridized carbons (Fsp3) is 0.455. The zero-order chi connectivity index (χ0) is 10.0. The highest BCUT2D eigenvalue weighted by atomic mass is 32.2. The van der Waals surface area contributed by atoms with Crippen LogP contribution >= 0.6 is 23.5 Å². The Morgan fingerprint density at radius 1 is 1.21 bits per heavy atom. The second kappa shape index (κ2) is 4.07. The van der Waals surface area contributed by atoms with Gasteiger partial charge in [0.15, 0.2) is 0 Å². The molecule has 14 heavy (non-hydrogen) atoms. The van der Waals surface area contributed by atoms with Gasteiger partial charge in [0.2, 0.25) is 0 Å². The molecule has 76 valence electrons. The van der Waals surface area contributed by atoms with Crippen molar-refractivity contribution >= 4 is 23.5 Å². The van der Waals surface area contributed by atoms with Gasteiger partial charge < -0.3 is 4.74 Å². The minimum absolute atomic E-state index is 0.203. The molecule has 0 saturated heterocycles. The molecule has 0 saturated carbocycles. The molecule has 2 rings (SSSR count). The summed E-state index contributed by atoms with van der Waals surface area (Å²) in [5.41, 5.74) is 1.34. The van der Waals surface area contributed by atoms with Crippen molar-refractivity contribution in [1.82, 2.24) is 0 Å². The highest BCUT2D eigenvalue weighted by Crippen LogP contribution is 2.52. The smallest absolute Gasteiger partial charge is 0.124 e. The van der Waals surface area contributed by atoms with Gasteiger partial charge in [0, 0.05) is 12.0 Å². The summed E-state index contributed by atoms with van der Waals surface area (Å²) in [6.45, 7) is 0.832. The van der Waals surface area contributed by atoms with E-state index in [1.807, 2.05) is 29.6 Å². The molecule has 0 aromatic heterocycles. The molecular formula is C11H14OS2. The lowest BCUT2D eigenvalue weighted by Crippen LogP contribution is -2.26. The van der Waals surface area contributed by atoms with Crippen LogP contribution in [0.1, 0.15) is 12.0 Å². The number of hydrogen-bond donors (Lipinski definition) is 0. The Labute approximate surface area is 93.6 Å². The molecule has 0 atom stereocenters. The zero-order valence-electron chi connectivity index (χ0n) is 8.45. The maximum atomic E-state index is 5.66. The zero-order valence-corrected chi connectivity index (χ0v) is 10.1. The summed E-state index contributed by atoms with van der Waals surface area (Å²) in [5.74, 6) is 1.06. The molecule has 0 spiro atoms. The maximum Gasteiger partial charge on any atom is 0.124 e. The highest BCUT2D eigenvalue weighted by molar-refractivity contribution is 8.16. The quantitative estimate of drug-likeness (QED) is 0.716. The van der Waals surface area contributed by atoms with E-state index in [1.54, 1.807) is 0 Å². The predicted molar refractivity (Wildman–Crippen MR) is 65.3 cm³/mol. The number of hydrogen-bond acceptors (Lipinski definition) is 3. The van der Waals surface area contributed by atoms with E-state index in [1.165, 1.54) is 5.56 Å². The molecule has 0 bridgehead atoms. The van der Waals surface area contributed by atoms with Crippen LogP contribution in [0.25, 0.3) is 0 Å². The minimum Gasteiger partial charge on any atom is -0.493 e. The third kappa shape index (κ3) is 1.52. The third-order valence-corrected chi connectivity index (χ3v) is 5.81. The number of fused-ring (bicyclic) bond motifs is 1. The first-order chi connectivity index (χ1) is 6.82. The van der Waals surface area contributed by atoms with Crippen molar-refractivity contribution in [3.8, 4) is 5.75 Å². The van der Waals surface area contributed by atoms with Crippen molar-refractivity contribution in [3.05, 3.63) is 29.8 Å². The monoisotopic (exact) mass is 226 g/mol. The Hall–Kier alpha value is -0.280. The van der Waals surface area contributed by atoms with Gasteiger partial charge in [0.1, 0.15) is 5.75 Å². The second-order valence-electron chi connectivity index (χ2n) is 3.26. The maximum absolute atomic E-state index is 5.66. The van der Waals surface area contributed by atoms with E-state index >= 15 is 0 Å². The van der Waals surface area contributed by atoms with Gasteiger partial charge in [0.05, 0.1) is 10.7 Å². The van der Waals surface area contributed by atoms with E-state index in [0.717, 1.165) is 18.8 Å². The topological polar surface area (TPSA) is 9.23 Å². The number of para-hydroxylation sites is 1. The first-order valence-corrected chi connectivity index (χ1v) is 7.10. The summed E-state index contributed by atoms with van der Waals surface area (Å²) in [4.78, 5) is 0. The Bertz CT molecular complexity index is 321. The van der Waals surface area contributed by atoms with Gasteiger partial charge in [-0.3, -0.25) is 0 Å². The summed E-state index contributed by atoms with van der Waals surface area (Å²) in [6.07, 6.45) is 5.45. The van der Waals surface area contributed by atoms with E-state index in [4.69, 9.17) is 4.74 Å². The molecule has 3 heteroatoms. The molecule has 0 N–H and O–H groups in total. The van der Waals surface area contributed by atoms with Gasteiger partial charge in [-0.2, -0.15) is 0 Å². The molecule has 1 aromatic carbocycles. The minimum atomic E-state index is 0.203. The SMILES string of the molecule is CSC1(SC)CCOc2ccccc21. The molecule has 0 unspecified atom stereocenters. The van der Waals surface area contributed by atoms with Crippen molar-refractivity contribution in [3.63, 3.8) is 0 Å². The summed E-state index contributed by atoms with van der Waals surface area (Å²) in [7, 11) is 0. The first kappa shape index (κ1) is 10.2. The van der Waals surface area contributed by atoms with Crippen molar-refractivity contribution in [2.75, 3.05) is 19.1 Å². The Balaban J connectivity index is 2.48. The van der Waals surface area contributed by atoms with Crippen LogP contribution in [0, 0.1) is 0 Å². The van der Waals surface area contributed by atoms with Crippen LogP contribution in [-0.2, 0) is 4.08 Å². The lowest BCUT2D eigenvalue weighted by molar-refractivity contribution is 0.280. The summed E-state index contributed by atoms with van der Waals surface area (Å²) < 4.78 is 5.86. The third-order valence-electron chi connectivity index (χ3n) is 2.65. The Morgan fingerprint density at radius 2 is 1.93 bits per heavy atom. The largest absolute Gasteiger partial charge is 0.493 e. The molecule has 0 aliphatic carbocycles. The summed E-state index contributed by atoms with van der Waals surface area (Å²) in [5, 5.41) is 0. The lowest BCUT2D eigenvalue weighted by Gasteiger charge is -2.35. The van der Waals surface area contributed by atoms with Gasteiger partial charge in [-0.25, -0.2) is 0 Å². The summed E-state index contributed by atoms with van der Waals surface area (Å²) in [6, 6.07) is 8.38. The van der Waals surface area contributed by atoms with Crippen molar-refractivity contribution in [2.24, 2.45) is 0 Å². The van der Waals surface area contributed by atoms with Crippen molar-refractivity contribution in [1.29, 1.82) is 0 Å². The average Bonchev–Trinajstić information content (AvgIpc) is 2.28. The van der Waals surface area contributed by atoms with E-state index < -0.39 is 0 Å². The van der Waals surface area contributed by atoms with Gasteiger partial charge >= 0.3 is 0 Å². The number of thioether (sulfide) groups is 2. The van der Waals surface area contributed by atoms with Crippen LogP contribution in [0.2, 0.25) is 0 Å². The average molecular weight is 226 g/mol. The highest BCUT2D eigenvalue weighted by Gasteiger charge is 2.35. The predicted octanol–water partition coefficient (Wildman–Crippen LogP) is 3.35. The molecule has 0 fully saturated rings. The Morgan fingerprint density at radius 3 is 2.64 bits per heavy atom. The summed E-state index contributed by atoms with van der Waals surface area (Å²) >= 11 is 3.84. The van der Waals surface area contributed by atoms with Crippen LogP contribution in [-0.4, -0.2) is 19.1 Å². The molecule has 1 heterocycles. The van der Waals surface area contributed by atoms with Gasteiger partial charge in [-0.05, 0) is 18.6 Å². The fourth-order valence-corrected chi connectivity index (χ4v) is 3.86. The second-order valence-corrected chi connectivity index (χ2v) is 5.72. The number of benzene rings is 1. The standard InChI is InChI=1S/C11H14OS2/c1-13-11(14-2)7-8-12-10-6-4-3-5-9(10)11/h3-6H,7-8H2,1-2H3. The molecule has 0 radical (unpaired) electrons. The van der Waals surface area contributed by atoms with E-state index in [9.17, 15) is 0 Å². The molecule has 0 amide bonds. The van der Waals surface area contributed by atoms with Crippen LogP contribution in [0.3, 0.4) is 0 Å². The van der Waals surface area contributed by atoms with E-state index in [2.05, 4.69) is 30.7 Å².